The van der Waals surface area contributed by atoms with Crippen molar-refractivity contribution in [3.63, 3.8) is 0 Å². The van der Waals surface area contributed by atoms with Crippen molar-refractivity contribution in [1.82, 2.24) is 26.0 Å². The lowest BCUT2D eigenvalue weighted by atomic mass is 9.94. The maximum absolute atomic E-state index is 12.1. The SMILES string of the molecule is O=C(NC1NC2CCCC(c3ccc(CN4CCS(=O)(=O)CC4)cc3)N2N1)C1CC1. The lowest BCUT2D eigenvalue weighted by Gasteiger charge is -2.36. The number of hydrogen-bond donors (Lipinski definition) is 3. The molecular formula is C21H31N5O3S. The van der Waals surface area contributed by atoms with E-state index in [1.165, 1.54) is 11.1 Å². The molecule has 1 amide bonds. The summed E-state index contributed by atoms with van der Waals surface area (Å²) in [7, 11) is -2.84. The second-order valence-electron chi connectivity index (χ2n) is 9.05. The van der Waals surface area contributed by atoms with Gasteiger partial charge in [-0.05, 0) is 43.2 Å². The van der Waals surface area contributed by atoms with Crippen molar-refractivity contribution in [2.75, 3.05) is 24.6 Å². The number of nitrogens with zero attached hydrogens (tertiary/aromatic N) is 2. The molecule has 4 aliphatic rings. The molecule has 8 nitrogen and oxygen atoms in total. The maximum Gasteiger partial charge on any atom is 0.225 e. The Morgan fingerprint density at radius 1 is 1.07 bits per heavy atom. The number of fused-ring (bicyclic) bond motifs is 1. The molecule has 0 radical (unpaired) electrons. The first-order valence-corrected chi connectivity index (χ1v) is 12.9. The maximum atomic E-state index is 12.1. The number of carbonyl (C=O) groups excluding carboxylic acids is 1. The highest BCUT2D eigenvalue weighted by Gasteiger charge is 2.40. The van der Waals surface area contributed by atoms with E-state index < -0.39 is 9.84 Å². The zero-order valence-corrected chi connectivity index (χ0v) is 18.0. The highest BCUT2D eigenvalue weighted by atomic mass is 32.2. The quantitative estimate of drug-likeness (QED) is 0.629. The molecule has 4 fully saturated rings. The first-order chi connectivity index (χ1) is 14.5. The Balaban J connectivity index is 1.20. The van der Waals surface area contributed by atoms with Gasteiger partial charge in [-0.25, -0.2) is 18.9 Å². The zero-order valence-electron chi connectivity index (χ0n) is 17.2. The summed E-state index contributed by atoms with van der Waals surface area (Å²) < 4.78 is 23.2. The number of nitrogens with one attached hydrogen (secondary N) is 3. The van der Waals surface area contributed by atoms with Crippen LogP contribution < -0.4 is 16.1 Å². The van der Waals surface area contributed by atoms with E-state index in [0.717, 1.165) is 38.6 Å². The van der Waals surface area contributed by atoms with Crippen LogP contribution in [0.5, 0.6) is 0 Å². The van der Waals surface area contributed by atoms with Gasteiger partial charge in [0.25, 0.3) is 0 Å². The summed E-state index contributed by atoms with van der Waals surface area (Å²) in [4.78, 5) is 14.3. The third kappa shape index (κ3) is 4.55. The predicted molar refractivity (Wildman–Crippen MR) is 114 cm³/mol. The number of carbonyl (C=O) groups is 1. The third-order valence-corrected chi connectivity index (χ3v) is 8.32. The molecule has 3 unspecified atom stereocenters. The average molecular weight is 434 g/mol. The number of rotatable bonds is 5. The molecule has 1 aromatic rings. The topological polar surface area (TPSA) is 93.8 Å². The van der Waals surface area contributed by atoms with Crippen LogP contribution in [-0.4, -0.2) is 61.3 Å². The summed E-state index contributed by atoms with van der Waals surface area (Å²) in [5.74, 6) is 0.877. The lowest BCUT2D eigenvalue weighted by molar-refractivity contribution is -0.123. The zero-order chi connectivity index (χ0) is 20.7. The summed E-state index contributed by atoms with van der Waals surface area (Å²) in [6.07, 6.45) is 5.34. The molecule has 0 bridgehead atoms. The number of hydrazine groups is 1. The Morgan fingerprint density at radius 3 is 2.50 bits per heavy atom. The molecule has 5 rings (SSSR count). The van der Waals surface area contributed by atoms with E-state index in [0.29, 0.717) is 13.1 Å². The molecule has 164 valence electrons. The Morgan fingerprint density at radius 2 is 1.80 bits per heavy atom. The fourth-order valence-electron chi connectivity index (χ4n) is 4.74. The first-order valence-electron chi connectivity index (χ1n) is 11.1. The molecule has 1 saturated carbocycles. The Labute approximate surface area is 178 Å². The molecule has 3 N–H and O–H groups in total. The molecule has 30 heavy (non-hydrogen) atoms. The van der Waals surface area contributed by atoms with Crippen LogP contribution >= 0.6 is 0 Å². The molecule has 0 spiro atoms. The summed E-state index contributed by atoms with van der Waals surface area (Å²) in [6.45, 7) is 2.03. The van der Waals surface area contributed by atoms with Gasteiger partial charge in [0.2, 0.25) is 5.91 Å². The predicted octanol–water partition coefficient (Wildman–Crippen LogP) is 0.688. The highest BCUT2D eigenvalue weighted by Crippen LogP contribution is 2.34. The van der Waals surface area contributed by atoms with Crippen LogP contribution in [-0.2, 0) is 21.2 Å². The van der Waals surface area contributed by atoms with E-state index in [4.69, 9.17) is 0 Å². The molecule has 3 aliphatic heterocycles. The van der Waals surface area contributed by atoms with Crippen LogP contribution in [0.4, 0.5) is 0 Å². The standard InChI is InChI=1S/C21H31N5O3S/c27-20(17-8-9-17)23-21-22-19-3-1-2-18(26(19)24-21)16-6-4-15(5-7-16)14-25-10-12-30(28,29)13-11-25/h4-7,17-19,21-22,24H,1-3,8-14H2,(H,23,27). The van der Waals surface area contributed by atoms with Gasteiger partial charge in [-0.15, -0.1) is 0 Å². The van der Waals surface area contributed by atoms with Crippen molar-refractivity contribution in [3.8, 4) is 0 Å². The van der Waals surface area contributed by atoms with Gasteiger partial charge < -0.3 is 5.32 Å². The van der Waals surface area contributed by atoms with Gasteiger partial charge in [-0.1, -0.05) is 24.3 Å². The van der Waals surface area contributed by atoms with Gasteiger partial charge in [0.15, 0.2) is 9.84 Å². The Hall–Kier alpha value is -1.52. The summed E-state index contributed by atoms with van der Waals surface area (Å²) in [5, 5.41) is 8.85. The molecule has 3 saturated heterocycles. The van der Waals surface area contributed by atoms with E-state index >= 15 is 0 Å². The van der Waals surface area contributed by atoms with Crippen molar-refractivity contribution < 1.29 is 13.2 Å². The molecule has 1 aromatic carbocycles. The van der Waals surface area contributed by atoms with Crippen LogP contribution in [0, 0.1) is 5.92 Å². The van der Waals surface area contributed by atoms with Gasteiger partial charge in [-0.2, -0.15) is 0 Å². The van der Waals surface area contributed by atoms with E-state index in [9.17, 15) is 13.2 Å². The smallest absolute Gasteiger partial charge is 0.225 e. The van der Waals surface area contributed by atoms with Gasteiger partial charge in [0, 0.05) is 25.6 Å². The fraction of sp³-hybridized carbons (Fsp3) is 0.667. The molecule has 1 aliphatic carbocycles. The second kappa shape index (κ2) is 8.20. The largest absolute Gasteiger partial charge is 0.327 e. The van der Waals surface area contributed by atoms with E-state index in [2.05, 4.69) is 50.2 Å². The molecule has 3 atom stereocenters. The highest BCUT2D eigenvalue weighted by molar-refractivity contribution is 7.91. The third-order valence-electron chi connectivity index (χ3n) is 6.71. The number of amides is 1. The van der Waals surface area contributed by atoms with Gasteiger partial charge in [-0.3, -0.25) is 15.0 Å². The van der Waals surface area contributed by atoms with Crippen molar-refractivity contribution in [3.05, 3.63) is 35.4 Å². The monoisotopic (exact) mass is 433 g/mol. The normalized spacial score (nSPS) is 31.9. The minimum atomic E-state index is -2.84. The van der Waals surface area contributed by atoms with Gasteiger partial charge >= 0.3 is 0 Å². The minimum Gasteiger partial charge on any atom is -0.327 e. The number of sulfone groups is 1. The van der Waals surface area contributed by atoms with E-state index in [1.807, 2.05) is 0 Å². The summed E-state index contributed by atoms with van der Waals surface area (Å²) in [5.41, 5.74) is 5.95. The van der Waals surface area contributed by atoms with Crippen molar-refractivity contribution >= 4 is 15.7 Å². The van der Waals surface area contributed by atoms with E-state index in [1.54, 1.807) is 0 Å². The number of hydrogen-bond acceptors (Lipinski definition) is 7. The van der Waals surface area contributed by atoms with Crippen molar-refractivity contribution in [2.45, 2.75) is 57.1 Å². The van der Waals surface area contributed by atoms with Crippen LogP contribution in [0.2, 0.25) is 0 Å². The van der Waals surface area contributed by atoms with Crippen LogP contribution in [0.15, 0.2) is 24.3 Å². The number of piperidine rings is 1. The van der Waals surface area contributed by atoms with Gasteiger partial charge in [0.05, 0.1) is 23.7 Å². The van der Waals surface area contributed by atoms with Crippen molar-refractivity contribution in [2.24, 2.45) is 5.92 Å². The van der Waals surface area contributed by atoms with Crippen LogP contribution in [0.25, 0.3) is 0 Å². The minimum absolute atomic E-state index is 0.145. The molecular weight excluding hydrogens is 402 g/mol. The first kappa shape index (κ1) is 20.4. The lowest BCUT2D eigenvalue weighted by Crippen LogP contribution is -2.50. The van der Waals surface area contributed by atoms with E-state index in [-0.39, 0.29) is 41.8 Å². The molecule has 0 aromatic heterocycles. The number of benzene rings is 1. The van der Waals surface area contributed by atoms with Gasteiger partial charge in [0.1, 0.15) is 6.29 Å². The second-order valence-corrected chi connectivity index (χ2v) is 11.4. The molecule has 3 heterocycles. The average Bonchev–Trinajstić information content (AvgIpc) is 3.50. The van der Waals surface area contributed by atoms with Crippen molar-refractivity contribution in [1.29, 1.82) is 0 Å². The Bertz CT molecular complexity index is 872. The van der Waals surface area contributed by atoms with Crippen LogP contribution in [0.3, 0.4) is 0 Å². The van der Waals surface area contributed by atoms with Crippen LogP contribution in [0.1, 0.15) is 49.3 Å². The summed E-state index contributed by atoms with van der Waals surface area (Å²) >= 11 is 0. The fourth-order valence-corrected chi connectivity index (χ4v) is 6.02. The molecule has 9 heteroatoms. The Kier molecular flexibility index (Phi) is 5.57. The summed E-state index contributed by atoms with van der Waals surface area (Å²) in [6, 6.07) is 8.99.